The van der Waals surface area contributed by atoms with E-state index in [9.17, 15) is 0 Å². The number of hydrogen-bond acceptors (Lipinski definition) is 3. The van der Waals surface area contributed by atoms with Gasteiger partial charge in [0.1, 0.15) is 6.34 Å². The van der Waals surface area contributed by atoms with Crippen LogP contribution in [-0.2, 0) is 0 Å². The van der Waals surface area contributed by atoms with Gasteiger partial charge in [-0.05, 0) is 0 Å². The van der Waals surface area contributed by atoms with E-state index in [0.29, 0.717) is 0 Å². The summed E-state index contributed by atoms with van der Waals surface area (Å²) in [7, 11) is 0. The molecular formula is C9H15N3. The molecular weight excluding hydrogens is 150 g/mol. The third-order valence-corrected chi connectivity index (χ3v) is 1.73. The number of rotatable bonds is 4. The van der Waals surface area contributed by atoms with Gasteiger partial charge >= 0.3 is 0 Å². The fourth-order valence-corrected chi connectivity index (χ4v) is 1.10. The first kappa shape index (κ1) is 8.84. The molecule has 0 bridgehead atoms. The van der Waals surface area contributed by atoms with E-state index in [-0.39, 0.29) is 0 Å². The maximum atomic E-state index is 4.23. The van der Waals surface area contributed by atoms with Crippen molar-refractivity contribution in [1.82, 2.24) is 9.91 Å². The van der Waals surface area contributed by atoms with Gasteiger partial charge in [0.2, 0.25) is 0 Å². The van der Waals surface area contributed by atoms with Crippen molar-refractivity contribution in [2.24, 2.45) is 5.10 Å². The van der Waals surface area contributed by atoms with Crippen LogP contribution in [0.5, 0.6) is 0 Å². The zero-order valence-corrected chi connectivity index (χ0v) is 7.32. The Balaban J connectivity index is 2.35. The highest BCUT2D eigenvalue weighted by molar-refractivity contribution is 5.55. The van der Waals surface area contributed by atoms with Crippen molar-refractivity contribution in [2.45, 2.75) is 0 Å². The van der Waals surface area contributed by atoms with Crippen molar-refractivity contribution in [3.8, 4) is 0 Å². The van der Waals surface area contributed by atoms with Crippen LogP contribution < -0.4 is 0 Å². The molecule has 66 valence electrons. The Hall–Kier alpha value is -1.25. The van der Waals surface area contributed by atoms with Gasteiger partial charge in [0, 0.05) is 13.1 Å². The first-order chi connectivity index (χ1) is 5.86. The van der Waals surface area contributed by atoms with Gasteiger partial charge in [0.25, 0.3) is 0 Å². The Labute approximate surface area is 73.7 Å². The fourth-order valence-electron chi connectivity index (χ4n) is 1.10. The van der Waals surface area contributed by atoms with Gasteiger partial charge in [-0.15, -0.1) is 13.2 Å². The highest BCUT2D eigenvalue weighted by atomic mass is 15.5. The average molecular weight is 165 g/mol. The molecule has 0 radical (unpaired) electrons. The third-order valence-electron chi connectivity index (χ3n) is 1.73. The lowest BCUT2D eigenvalue weighted by Gasteiger charge is -2.28. The van der Waals surface area contributed by atoms with E-state index in [0.717, 1.165) is 26.2 Å². The van der Waals surface area contributed by atoms with Crippen LogP contribution in [0.3, 0.4) is 0 Å². The van der Waals surface area contributed by atoms with Crippen LogP contribution in [0.2, 0.25) is 0 Å². The molecule has 1 rings (SSSR count). The van der Waals surface area contributed by atoms with Gasteiger partial charge < -0.3 is 4.90 Å². The Morgan fingerprint density at radius 1 is 1.25 bits per heavy atom. The van der Waals surface area contributed by atoms with Gasteiger partial charge in [0.05, 0.1) is 13.1 Å². The van der Waals surface area contributed by atoms with E-state index in [2.05, 4.69) is 23.2 Å². The van der Waals surface area contributed by atoms with Crippen LogP contribution in [0.15, 0.2) is 30.4 Å². The number of hydrogen-bond donors (Lipinski definition) is 0. The quantitative estimate of drug-likeness (QED) is 0.577. The lowest BCUT2D eigenvalue weighted by molar-refractivity contribution is 0.257. The Bertz CT molecular complexity index is 166. The largest absolute Gasteiger partial charge is 0.356 e. The van der Waals surface area contributed by atoms with Crippen LogP contribution in [0, 0.1) is 0 Å². The molecule has 0 spiro atoms. The molecule has 0 fully saturated rings. The van der Waals surface area contributed by atoms with Gasteiger partial charge in [-0.1, -0.05) is 12.2 Å². The third kappa shape index (κ3) is 2.42. The summed E-state index contributed by atoms with van der Waals surface area (Å²) in [5.74, 6) is 0. The summed E-state index contributed by atoms with van der Waals surface area (Å²) in [6.45, 7) is 11.0. The molecule has 0 N–H and O–H groups in total. The second-order valence-electron chi connectivity index (χ2n) is 2.72. The standard InChI is InChI=1S/C9H15N3/c1-3-5-11-7-8-12(6-4-2)10-9-11/h3-4,9H,1-2,5-8H2. The number of nitrogens with zero attached hydrogens (tertiary/aromatic N) is 3. The first-order valence-corrected chi connectivity index (χ1v) is 4.11. The first-order valence-electron chi connectivity index (χ1n) is 4.11. The number of hydrazone groups is 1. The molecule has 12 heavy (non-hydrogen) atoms. The van der Waals surface area contributed by atoms with Crippen molar-refractivity contribution in [2.75, 3.05) is 26.2 Å². The topological polar surface area (TPSA) is 18.8 Å². The molecule has 0 aromatic carbocycles. The average Bonchev–Trinajstić information content (AvgIpc) is 2.09. The minimum absolute atomic E-state index is 0.832. The maximum absolute atomic E-state index is 4.23. The van der Waals surface area contributed by atoms with Crippen LogP contribution in [0.1, 0.15) is 0 Å². The summed E-state index contributed by atoms with van der Waals surface area (Å²) < 4.78 is 0. The van der Waals surface area contributed by atoms with Crippen molar-refractivity contribution in [3.05, 3.63) is 25.3 Å². The van der Waals surface area contributed by atoms with E-state index in [1.807, 2.05) is 23.5 Å². The Morgan fingerprint density at radius 2 is 2.00 bits per heavy atom. The molecule has 3 nitrogen and oxygen atoms in total. The van der Waals surface area contributed by atoms with Crippen molar-refractivity contribution in [3.63, 3.8) is 0 Å². The van der Waals surface area contributed by atoms with Crippen molar-refractivity contribution >= 4 is 6.34 Å². The Morgan fingerprint density at radius 3 is 2.50 bits per heavy atom. The molecule has 0 aliphatic carbocycles. The molecule has 0 aromatic heterocycles. The highest BCUT2D eigenvalue weighted by Crippen LogP contribution is 1.98. The van der Waals surface area contributed by atoms with E-state index in [1.54, 1.807) is 0 Å². The van der Waals surface area contributed by atoms with Gasteiger partial charge in [-0.25, -0.2) is 0 Å². The predicted molar refractivity (Wildman–Crippen MR) is 52.0 cm³/mol. The van der Waals surface area contributed by atoms with Gasteiger partial charge in [-0.3, -0.25) is 5.01 Å². The molecule has 0 aromatic rings. The van der Waals surface area contributed by atoms with E-state index in [4.69, 9.17) is 0 Å². The summed E-state index contributed by atoms with van der Waals surface area (Å²) >= 11 is 0. The molecule has 1 heterocycles. The molecule has 1 aliphatic rings. The fraction of sp³-hybridized carbons (Fsp3) is 0.444. The second kappa shape index (κ2) is 4.59. The zero-order chi connectivity index (χ0) is 8.81. The van der Waals surface area contributed by atoms with Gasteiger partial charge in [0.15, 0.2) is 0 Å². The summed E-state index contributed by atoms with van der Waals surface area (Å²) in [5.41, 5.74) is 0. The summed E-state index contributed by atoms with van der Waals surface area (Å²) in [5, 5.41) is 6.23. The lowest BCUT2D eigenvalue weighted by atomic mass is 10.4. The summed E-state index contributed by atoms with van der Waals surface area (Å²) in [6.07, 6.45) is 5.60. The summed E-state index contributed by atoms with van der Waals surface area (Å²) in [4.78, 5) is 2.13. The molecule has 0 unspecified atom stereocenters. The molecule has 0 amide bonds. The van der Waals surface area contributed by atoms with Crippen LogP contribution in [0.25, 0.3) is 0 Å². The summed E-state index contributed by atoms with van der Waals surface area (Å²) in [6, 6.07) is 0. The van der Waals surface area contributed by atoms with Crippen LogP contribution in [0.4, 0.5) is 0 Å². The van der Waals surface area contributed by atoms with Crippen molar-refractivity contribution < 1.29 is 0 Å². The maximum Gasteiger partial charge on any atom is 0.111 e. The minimum atomic E-state index is 0.832. The predicted octanol–water partition coefficient (Wildman–Crippen LogP) is 0.919. The highest BCUT2D eigenvalue weighted by Gasteiger charge is 2.07. The minimum Gasteiger partial charge on any atom is -0.356 e. The van der Waals surface area contributed by atoms with Crippen molar-refractivity contribution in [1.29, 1.82) is 0 Å². The van der Waals surface area contributed by atoms with Gasteiger partial charge in [-0.2, -0.15) is 5.10 Å². The normalized spacial score (nSPS) is 16.3. The molecule has 1 aliphatic heterocycles. The van der Waals surface area contributed by atoms with E-state index in [1.165, 1.54) is 0 Å². The molecule has 0 atom stereocenters. The van der Waals surface area contributed by atoms with Crippen LogP contribution >= 0.6 is 0 Å². The monoisotopic (exact) mass is 165 g/mol. The molecule has 0 saturated heterocycles. The zero-order valence-electron chi connectivity index (χ0n) is 7.32. The van der Waals surface area contributed by atoms with Crippen LogP contribution in [-0.4, -0.2) is 42.4 Å². The molecule has 0 saturated carbocycles. The Kier molecular flexibility index (Phi) is 3.38. The van der Waals surface area contributed by atoms with E-state index >= 15 is 0 Å². The lowest BCUT2D eigenvalue weighted by Crippen LogP contribution is -2.37. The second-order valence-corrected chi connectivity index (χ2v) is 2.72. The SMILES string of the molecule is C=CCN1C=NN(CC=C)CC1. The molecule has 3 heteroatoms. The van der Waals surface area contributed by atoms with E-state index < -0.39 is 0 Å². The smallest absolute Gasteiger partial charge is 0.111 e.